The third kappa shape index (κ3) is 4.21. The maximum absolute atomic E-state index is 12.3. The molecule has 1 aliphatic rings. The minimum atomic E-state index is -3.66. The predicted octanol–water partition coefficient (Wildman–Crippen LogP) is 0.920. The van der Waals surface area contributed by atoms with Crippen LogP contribution in [0.4, 0.5) is 0 Å². The van der Waals surface area contributed by atoms with Crippen molar-refractivity contribution in [2.75, 3.05) is 6.26 Å². The van der Waals surface area contributed by atoms with Crippen molar-refractivity contribution in [2.45, 2.75) is 48.4 Å². The van der Waals surface area contributed by atoms with Crippen LogP contribution in [0.5, 0.6) is 0 Å². The first-order valence-electron chi connectivity index (χ1n) is 6.72. The lowest BCUT2D eigenvalue weighted by atomic mass is 9.96. The summed E-state index contributed by atoms with van der Waals surface area (Å²) in [6.07, 6.45) is 8.39. The Hall–Kier alpha value is -1.06. The SMILES string of the molecule is CS[C@@H]1CCCC[C@H]1NS(=O)(=O)c1cnn(CC(=O)O)c1. The molecule has 0 radical (unpaired) electrons. The molecule has 1 fully saturated rings. The zero-order valence-electron chi connectivity index (χ0n) is 11.7. The fourth-order valence-corrected chi connectivity index (χ4v) is 4.77. The van der Waals surface area contributed by atoms with Gasteiger partial charge < -0.3 is 5.11 Å². The number of hydrogen-bond donors (Lipinski definition) is 2. The molecular formula is C12H19N3O4S2. The molecule has 1 aromatic rings. The Bertz CT molecular complexity index is 599. The van der Waals surface area contributed by atoms with Gasteiger partial charge in [0.1, 0.15) is 11.4 Å². The summed E-state index contributed by atoms with van der Waals surface area (Å²) in [4.78, 5) is 10.6. The van der Waals surface area contributed by atoms with Gasteiger partial charge in [0, 0.05) is 17.5 Å². The van der Waals surface area contributed by atoms with E-state index in [1.165, 1.54) is 12.4 Å². The average molecular weight is 333 g/mol. The molecule has 118 valence electrons. The third-order valence-electron chi connectivity index (χ3n) is 3.53. The largest absolute Gasteiger partial charge is 0.480 e. The zero-order valence-corrected chi connectivity index (χ0v) is 13.4. The van der Waals surface area contributed by atoms with Gasteiger partial charge in [-0.15, -0.1) is 0 Å². The minimum absolute atomic E-state index is 0.00850. The lowest BCUT2D eigenvalue weighted by molar-refractivity contribution is -0.137. The molecule has 2 N–H and O–H groups in total. The highest BCUT2D eigenvalue weighted by atomic mass is 32.2. The molecule has 1 heterocycles. The number of carboxylic acids is 1. The summed E-state index contributed by atoms with van der Waals surface area (Å²) >= 11 is 1.68. The molecule has 9 heteroatoms. The monoisotopic (exact) mass is 333 g/mol. The van der Waals surface area contributed by atoms with Gasteiger partial charge in [-0.3, -0.25) is 9.48 Å². The second kappa shape index (κ2) is 6.80. The molecule has 0 unspecified atom stereocenters. The van der Waals surface area contributed by atoms with Gasteiger partial charge >= 0.3 is 5.97 Å². The van der Waals surface area contributed by atoms with Crippen LogP contribution in [0, 0.1) is 0 Å². The standard InChI is InChI=1S/C12H19N3O4S2/c1-20-11-5-3-2-4-10(11)14-21(18,19)9-6-13-15(7-9)8-12(16)17/h6-7,10-11,14H,2-5,8H2,1H3,(H,16,17)/t10-,11-/m1/s1. The van der Waals surface area contributed by atoms with Crippen LogP contribution in [0.15, 0.2) is 17.3 Å². The summed E-state index contributed by atoms with van der Waals surface area (Å²) in [6, 6.07) is -0.0819. The van der Waals surface area contributed by atoms with Gasteiger partial charge in [-0.1, -0.05) is 12.8 Å². The van der Waals surface area contributed by atoms with E-state index >= 15 is 0 Å². The smallest absolute Gasteiger partial charge is 0.325 e. The van der Waals surface area contributed by atoms with E-state index in [-0.39, 0.29) is 22.7 Å². The molecule has 0 aliphatic heterocycles. The van der Waals surface area contributed by atoms with Crippen LogP contribution in [-0.4, -0.2) is 46.8 Å². The van der Waals surface area contributed by atoms with Crippen molar-refractivity contribution in [3.63, 3.8) is 0 Å². The average Bonchev–Trinajstić information content (AvgIpc) is 2.87. The number of aromatic nitrogens is 2. The summed E-state index contributed by atoms with van der Waals surface area (Å²) in [5, 5.41) is 12.7. The lowest BCUT2D eigenvalue weighted by Crippen LogP contribution is -2.43. The molecular weight excluding hydrogens is 314 g/mol. The van der Waals surface area contributed by atoms with Crippen LogP contribution < -0.4 is 4.72 Å². The molecule has 0 spiro atoms. The number of rotatable bonds is 6. The summed E-state index contributed by atoms with van der Waals surface area (Å²) in [5.41, 5.74) is 0. The maximum atomic E-state index is 12.3. The molecule has 7 nitrogen and oxygen atoms in total. The molecule has 0 aromatic carbocycles. The molecule has 0 saturated heterocycles. The Morgan fingerprint density at radius 2 is 2.24 bits per heavy atom. The van der Waals surface area contributed by atoms with E-state index in [2.05, 4.69) is 9.82 Å². The Morgan fingerprint density at radius 3 is 2.90 bits per heavy atom. The number of sulfonamides is 1. The van der Waals surface area contributed by atoms with Crippen molar-refractivity contribution < 1.29 is 18.3 Å². The van der Waals surface area contributed by atoms with Crippen LogP contribution in [0.2, 0.25) is 0 Å². The Balaban J connectivity index is 2.10. The van der Waals surface area contributed by atoms with Crippen LogP contribution in [0.1, 0.15) is 25.7 Å². The van der Waals surface area contributed by atoms with E-state index in [1.807, 2.05) is 6.26 Å². The quantitative estimate of drug-likeness (QED) is 0.803. The van der Waals surface area contributed by atoms with Crippen LogP contribution in [0.3, 0.4) is 0 Å². The first kappa shape index (κ1) is 16.3. The molecule has 0 bridgehead atoms. The molecule has 1 saturated carbocycles. The highest BCUT2D eigenvalue weighted by Gasteiger charge is 2.29. The Labute approximate surface area is 128 Å². The maximum Gasteiger partial charge on any atom is 0.325 e. The predicted molar refractivity (Wildman–Crippen MR) is 79.7 cm³/mol. The van der Waals surface area contributed by atoms with Gasteiger partial charge in [-0.2, -0.15) is 16.9 Å². The normalized spacial score (nSPS) is 23.1. The third-order valence-corrected chi connectivity index (χ3v) is 6.14. The van der Waals surface area contributed by atoms with Crippen LogP contribution >= 0.6 is 11.8 Å². The van der Waals surface area contributed by atoms with Gasteiger partial charge in [0.2, 0.25) is 10.0 Å². The topological polar surface area (TPSA) is 101 Å². The second-order valence-corrected chi connectivity index (χ2v) is 7.84. The van der Waals surface area contributed by atoms with Crippen LogP contribution in [0.25, 0.3) is 0 Å². The summed E-state index contributed by atoms with van der Waals surface area (Å²) in [7, 11) is -3.66. The fourth-order valence-electron chi connectivity index (χ4n) is 2.49. The van der Waals surface area contributed by atoms with Crippen molar-refractivity contribution >= 4 is 27.8 Å². The fraction of sp³-hybridized carbons (Fsp3) is 0.667. The van der Waals surface area contributed by atoms with Crippen molar-refractivity contribution in [3.05, 3.63) is 12.4 Å². The number of nitrogens with zero attached hydrogens (tertiary/aromatic N) is 2. The second-order valence-electron chi connectivity index (χ2n) is 5.05. The minimum Gasteiger partial charge on any atom is -0.480 e. The Morgan fingerprint density at radius 1 is 1.52 bits per heavy atom. The van der Waals surface area contributed by atoms with Gasteiger partial charge in [0.15, 0.2) is 0 Å². The van der Waals surface area contributed by atoms with E-state index in [1.54, 1.807) is 11.8 Å². The molecule has 21 heavy (non-hydrogen) atoms. The van der Waals surface area contributed by atoms with Crippen molar-refractivity contribution in [3.8, 4) is 0 Å². The number of thioether (sulfide) groups is 1. The molecule has 1 aromatic heterocycles. The number of carbonyl (C=O) groups is 1. The number of aliphatic carboxylic acids is 1. The van der Waals surface area contributed by atoms with E-state index in [4.69, 9.17) is 5.11 Å². The van der Waals surface area contributed by atoms with Crippen molar-refractivity contribution in [1.29, 1.82) is 0 Å². The van der Waals surface area contributed by atoms with Crippen molar-refractivity contribution in [1.82, 2.24) is 14.5 Å². The first-order chi connectivity index (χ1) is 9.92. The molecule has 2 rings (SSSR count). The number of nitrogens with one attached hydrogen (secondary N) is 1. The summed E-state index contributed by atoms with van der Waals surface area (Å²) < 4.78 is 28.5. The molecule has 0 amide bonds. The zero-order chi connectivity index (χ0) is 15.5. The molecule has 2 atom stereocenters. The van der Waals surface area contributed by atoms with Gasteiger partial charge in [-0.05, 0) is 19.1 Å². The van der Waals surface area contributed by atoms with E-state index in [9.17, 15) is 13.2 Å². The van der Waals surface area contributed by atoms with E-state index in [0.29, 0.717) is 0 Å². The van der Waals surface area contributed by atoms with Gasteiger partial charge in [0.25, 0.3) is 0 Å². The van der Waals surface area contributed by atoms with E-state index in [0.717, 1.165) is 30.4 Å². The summed E-state index contributed by atoms with van der Waals surface area (Å²) in [5.74, 6) is -1.07. The number of carboxylic acid groups (broad SMARTS) is 1. The molecule has 1 aliphatic carbocycles. The summed E-state index contributed by atoms with van der Waals surface area (Å²) in [6.45, 7) is -0.355. The highest BCUT2D eigenvalue weighted by Crippen LogP contribution is 2.28. The van der Waals surface area contributed by atoms with Crippen molar-refractivity contribution in [2.24, 2.45) is 0 Å². The van der Waals surface area contributed by atoms with E-state index < -0.39 is 16.0 Å². The Kier molecular flexibility index (Phi) is 5.28. The van der Waals surface area contributed by atoms with Gasteiger partial charge in [0.05, 0.1) is 6.20 Å². The lowest BCUT2D eigenvalue weighted by Gasteiger charge is -2.30. The number of hydrogen-bond acceptors (Lipinski definition) is 5. The first-order valence-corrected chi connectivity index (χ1v) is 9.49. The van der Waals surface area contributed by atoms with Gasteiger partial charge in [-0.25, -0.2) is 13.1 Å². The van der Waals surface area contributed by atoms with Crippen LogP contribution in [-0.2, 0) is 21.4 Å². The highest BCUT2D eigenvalue weighted by molar-refractivity contribution is 7.99.